The van der Waals surface area contributed by atoms with Gasteiger partial charge in [-0.1, -0.05) is 30.3 Å². The van der Waals surface area contributed by atoms with Crippen molar-refractivity contribution in [2.45, 2.75) is 13.5 Å². The summed E-state index contributed by atoms with van der Waals surface area (Å²) in [5, 5.41) is 3.32. The van der Waals surface area contributed by atoms with Crippen LogP contribution in [0, 0.1) is 6.92 Å². The molecule has 4 nitrogen and oxygen atoms in total. The van der Waals surface area contributed by atoms with Crippen LogP contribution in [-0.4, -0.2) is 14.5 Å². The molecule has 0 aliphatic heterocycles. The summed E-state index contributed by atoms with van der Waals surface area (Å²) in [6.07, 6.45) is 3.78. The van der Waals surface area contributed by atoms with Crippen LogP contribution in [0.25, 0.3) is 11.1 Å². The lowest BCUT2D eigenvalue weighted by atomic mass is 10.1. The number of imidazole rings is 1. The van der Waals surface area contributed by atoms with Crippen molar-refractivity contribution in [1.29, 1.82) is 0 Å². The molecule has 0 saturated heterocycles. The van der Waals surface area contributed by atoms with Crippen LogP contribution < -0.4 is 5.32 Å². The van der Waals surface area contributed by atoms with Crippen LogP contribution in [0.1, 0.15) is 11.5 Å². The third-order valence-corrected chi connectivity index (χ3v) is 3.64. The fourth-order valence-electron chi connectivity index (χ4n) is 2.19. The van der Waals surface area contributed by atoms with Crippen LogP contribution >= 0.6 is 0 Å². The summed E-state index contributed by atoms with van der Waals surface area (Å²) in [6.45, 7) is 2.71. The van der Waals surface area contributed by atoms with Crippen molar-refractivity contribution in [1.82, 2.24) is 14.5 Å². The summed E-state index contributed by atoms with van der Waals surface area (Å²) >= 11 is 0. The largest absolute Gasteiger partial charge is 0.364 e. The zero-order valence-electron chi connectivity index (χ0n) is 12.2. The highest BCUT2D eigenvalue weighted by Crippen LogP contribution is 2.19. The van der Waals surface area contributed by atoms with Crippen molar-refractivity contribution in [3.05, 3.63) is 66.4 Å². The van der Waals surface area contributed by atoms with Gasteiger partial charge in [-0.2, -0.15) is 0 Å². The molecule has 3 aromatic rings. The summed E-state index contributed by atoms with van der Waals surface area (Å²) in [5.74, 6) is 1.88. The summed E-state index contributed by atoms with van der Waals surface area (Å²) in [4.78, 5) is 8.75. The second-order valence-electron chi connectivity index (χ2n) is 5.01. The van der Waals surface area contributed by atoms with E-state index in [-0.39, 0.29) is 0 Å². The van der Waals surface area contributed by atoms with E-state index in [2.05, 4.69) is 38.1 Å². The molecular weight excluding hydrogens is 260 g/mol. The molecule has 1 N–H and O–H groups in total. The average Bonchev–Trinajstić information content (AvgIpc) is 2.86. The van der Waals surface area contributed by atoms with Crippen molar-refractivity contribution in [2.24, 2.45) is 7.05 Å². The monoisotopic (exact) mass is 278 g/mol. The van der Waals surface area contributed by atoms with E-state index >= 15 is 0 Å². The molecule has 0 aliphatic rings. The van der Waals surface area contributed by atoms with Crippen molar-refractivity contribution in [3.63, 3.8) is 0 Å². The Hall–Kier alpha value is -2.62. The van der Waals surface area contributed by atoms with E-state index in [0.29, 0.717) is 0 Å². The predicted molar refractivity (Wildman–Crippen MR) is 84.9 cm³/mol. The minimum absolute atomic E-state index is 0.717. The first kappa shape index (κ1) is 13.4. The van der Waals surface area contributed by atoms with Crippen LogP contribution in [0.4, 0.5) is 5.82 Å². The highest BCUT2D eigenvalue weighted by atomic mass is 15.1. The number of aryl methyl sites for hydroxylation is 1. The lowest BCUT2D eigenvalue weighted by Gasteiger charge is -2.08. The Bertz CT molecular complexity index is 714. The fraction of sp³-hybridized carbons (Fsp3) is 0.176. The molecule has 2 heterocycles. The Morgan fingerprint density at radius 3 is 2.38 bits per heavy atom. The molecule has 0 spiro atoms. The number of anilines is 1. The molecule has 4 heteroatoms. The number of nitrogens with one attached hydrogen (secondary N) is 1. The molecule has 3 rings (SSSR count). The number of aromatic nitrogens is 3. The fourth-order valence-corrected chi connectivity index (χ4v) is 2.19. The molecule has 0 amide bonds. The molecule has 1 aromatic carbocycles. The van der Waals surface area contributed by atoms with E-state index in [1.807, 2.05) is 50.6 Å². The normalized spacial score (nSPS) is 10.6. The third-order valence-electron chi connectivity index (χ3n) is 3.64. The van der Waals surface area contributed by atoms with Crippen molar-refractivity contribution >= 4 is 5.82 Å². The molecule has 0 atom stereocenters. The maximum Gasteiger partial charge on any atom is 0.126 e. The van der Waals surface area contributed by atoms with E-state index in [1.165, 1.54) is 5.56 Å². The lowest BCUT2D eigenvalue weighted by molar-refractivity contribution is 0.799. The van der Waals surface area contributed by atoms with Crippen molar-refractivity contribution < 1.29 is 0 Å². The Balaban J connectivity index is 1.69. The summed E-state index contributed by atoms with van der Waals surface area (Å²) in [5.41, 5.74) is 3.44. The van der Waals surface area contributed by atoms with Gasteiger partial charge >= 0.3 is 0 Å². The molecule has 2 aromatic heterocycles. The average molecular weight is 278 g/mol. The number of rotatable bonds is 4. The molecule has 0 radical (unpaired) electrons. The minimum Gasteiger partial charge on any atom is -0.364 e. The first-order valence-corrected chi connectivity index (χ1v) is 6.96. The summed E-state index contributed by atoms with van der Waals surface area (Å²) in [6, 6.07) is 14.3. The summed E-state index contributed by atoms with van der Waals surface area (Å²) < 4.78 is 2.07. The molecule has 0 aliphatic carbocycles. The highest BCUT2D eigenvalue weighted by Gasteiger charge is 2.03. The topological polar surface area (TPSA) is 42.7 Å². The van der Waals surface area contributed by atoms with Gasteiger partial charge in [-0.15, -0.1) is 0 Å². The SMILES string of the molecule is Cc1ncc(CNc2ccc(-c3ccccc3)cn2)n1C. The Labute approximate surface area is 124 Å². The molecular formula is C17H18N4. The first-order chi connectivity index (χ1) is 10.2. The second-order valence-corrected chi connectivity index (χ2v) is 5.01. The highest BCUT2D eigenvalue weighted by molar-refractivity contribution is 5.63. The van der Waals surface area contributed by atoms with Crippen molar-refractivity contribution in [3.8, 4) is 11.1 Å². The molecule has 0 saturated carbocycles. The summed E-state index contributed by atoms with van der Waals surface area (Å²) in [7, 11) is 2.02. The van der Waals surface area contributed by atoms with Gasteiger partial charge in [0.05, 0.1) is 18.4 Å². The van der Waals surface area contributed by atoms with E-state index in [9.17, 15) is 0 Å². The van der Waals surface area contributed by atoms with Gasteiger partial charge in [0.25, 0.3) is 0 Å². The van der Waals surface area contributed by atoms with Gasteiger partial charge < -0.3 is 9.88 Å². The molecule has 21 heavy (non-hydrogen) atoms. The Morgan fingerprint density at radius 2 is 1.76 bits per heavy atom. The van der Waals surface area contributed by atoms with E-state index < -0.39 is 0 Å². The molecule has 0 unspecified atom stereocenters. The van der Waals surface area contributed by atoms with Gasteiger partial charge in [0.15, 0.2) is 0 Å². The number of nitrogens with zero attached hydrogens (tertiary/aromatic N) is 3. The number of pyridine rings is 1. The lowest BCUT2D eigenvalue weighted by Crippen LogP contribution is -2.06. The predicted octanol–water partition coefficient (Wildman–Crippen LogP) is 3.40. The first-order valence-electron chi connectivity index (χ1n) is 6.96. The molecule has 106 valence electrons. The van der Waals surface area contributed by atoms with E-state index in [0.717, 1.165) is 29.4 Å². The second kappa shape index (κ2) is 5.79. The third kappa shape index (κ3) is 2.94. The van der Waals surface area contributed by atoms with Crippen LogP contribution in [0.15, 0.2) is 54.9 Å². The zero-order valence-corrected chi connectivity index (χ0v) is 12.2. The minimum atomic E-state index is 0.717. The van der Waals surface area contributed by atoms with Crippen LogP contribution in [0.5, 0.6) is 0 Å². The standard InChI is InChI=1S/C17H18N4/c1-13-18-11-16(21(13)2)12-20-17-9-8-15(10-19-17)14-6-4-3-5-7-14/h3-11H,12H2,1-2H3,(H,19,20). The number of benzene rings is 1. The van der Waals surface area contributed by atoms with Crippen LogP contribution in [0.3, 0.4) is 0 Å². The van der Waals surface area contributed by atoms with Gasteiger partial charge in [0, 0.05) is 18.8 Å². The zero-order chi connectivity index (χ0) is 14.7. The van der Waals surface area contributed by atoms with Gasteiger partial charge in [0.1, 0.15) is 11.6 Å². The van der Waals surface area contributed by atoms with Crippen LogP contribution in [-0.2, 0) is 13.6 Å². The van der Waals surface area contributed by atoms with Crippen LogP contribution in [0.2, 0.25) is 0 Å². The number of hydrogen-bond acceptors (Lipinski definition) is 3. The van der Waals surface area contributed by atoms with Gasteiger partial charge in [-0.3, -0.25) is 0 Å². The Morgan fingerprint density at radius 1 is 0.952 bits per heavy atom. The van der Waals surface area contributed by atoms with Crippen molar-refractivity contribution in [2.75, 3.05) is 5.32 Å². The van der Waals surface area contributed by atoms with E-state index in [1.54, 1.807) is 0 Å². The van der Waals surface area contributed by atoms with E-state index in [4.69, 9.17) is 0 Å². The van der Waals surface area contributed by atoms with Gasteiger partial charge in [0.2, 0.25) is 0 Å². The molecule has 0 fully saturated rings. The molecule has 0 bridgehead atoms. The number of hydrogen-bond donors (Lipinski definition) is 1. The van der Waals surface area contributed by atoms with Gasteiger partial charge in [-0.05, 0) is 24.6 Å². The quantitative estimate of drug-likeness (QED) is 0.795. The Kier molecular flexibility index (Phi) is 3.69. The maximum atomic E-state index is 4.47. The van der Waals surface area contributed by atoms with Gasteiger partial charge in [-0.25, -0.2) is 9.97 Å². The maximum absolute atomic E-state index is 4.47. The smallest absolute Gasteiger partial charge is 0.126 e.